The van der Waals surface area contributed by atoms with E-state index in [4.69, 9.17) is 11.6 Å². The highest BCUT2D eigenvalue weighted by atomic mass is 35.5. The van der Waals surface area contributed by atoms with Gasteiger partial charge in [0.25, 0.3) is 0 Å². The average molecular weight is 214 g/mol. The summed E-state index contributed by atoms with van der Waals surface area (Å²) in [6.45, 7) is 0.821. The maximum Gasteiger partial charge on any atom is 0.233 e. The van der Waals surface area contributed by atoms with Crippen molar-refractivity contribution in [2.45, 2.75) is 6.54 Å². The van der Waals surface area contributed by atoms with Gasteiger partial charge in [-0.2, -0.15) is 0 Å². The van der Waals surface area contributed by atoms with E-state index in [-0.39, 0.29) is 12.5 Å². The summed E-state index contributed by atoms with van der Waals surface area (Å²) >= 11 is 5.82. The zero-order valence-corrected chi connectivity index (χ0v) is 8.64. The van der Waals surface area contributed by atoms with Crippen LogP contribution in [0.5, 0.6) is 0 Å². The standard InChI is InChI=1S/C9H12ClN3O/c1-11-8(14)6-12-5-7-3-2-4-13-9(7)10/h2-4,12H,5-6H2,1H3,(H,11,14). The SMILES string of the molecule is CNC(=O)CNCc1cccnc1Cl. The minimum atomic E-state index is -0.0509. The lowest BCUT2D eigenvalue weighted by Gasteiger charge is -2.04. The third-order valence-electron chi connectivity index (χ3n) is 1.72. The van der Waals surface area contributed by atoms with Crippen LogP contribution < -0.4 is 10.6 Å². The fourth-order valence-corrected chi connectivity index (χ4v) is 1.14. The molecule has 0 bridgehead atoms. The summed E-state index contributed by atoms with van der Waals surface area (Å²) in [5.41, 5.74) is 0.887. The van der Waals surface area contributed by atoms with Crippen molar-refractivity contribution in [3.05, 3.63) is 29.0 Å². The summed E-state index contributed by atoms with van der Waals surface area (Å²) in [7, 11) is 1.60. The zero-order valence-electron chi connectivity index (χ0n) is 7.88. The maximum atomic E-state index is 10.9. The van der Waals surface area contributed by atoms with Gasteiger partial charge < -0.3 is 10.6 Å². The summed E-state index contributed by atoms with van der Waals surface area (Å²) in [4.78, 5) is 14.8. The van der Waals surface area contributed by atoms with Crippen LogP contribution in [-0.4, -0.2) is 24.5 Å². The Hall–Kier alpha value is -1.13. The number of rotatable bonds is 4. The molecule has 0 spiro atoms. The number of hydrogen-bond donors (Lipinski definition) is 2. The Labute approximate surface area is 87.7 Å². The molecule has 0 aromatic carbocycles. The van der Waals surface area contributed by atoms with Gasteiger partial charge in [0, 0.05) is 25.4 Å². The van der Waals surface area contributed by atoms with E-state index in [2.05, 4.69) is 15.6 Å². The van der Waals surface area contributed by atoms with Crippen molar-refractivity contribution in [2.24, 2.45) is 0 Å². The molecule has 1 aromatic heterocycles. The molecule has 76 valence electrons. The van der Waals surface area contributed by atoms with Gasteiger partial charge in [-0.1, -0.05) is 17.7 Å². The second-order valence-electron chi connectivity index (χ2n) is 2.73. The van der Waals surface area contributed by atoms with Crippen LogP contribution in [-0.2, 0) is 11.3 Å². The van der Waals surface area contributed by atoms with Crippen LogP contribution >= 0.6 is 11.6 Å². The van der Waals surface area contributed by atoms with Crippen LogP contribution in [0.1, 0.15) is 5.56 Å². The largest absolute Gasteiger partial charge is 0.358 e. The fourth-order valence-electron chi connectivity index (χ4n) is 0.950. The fraction of sp³-hybridized carbons (Fsp3) is 0.333. The number of likely N-dealkylation sites (N-methyl/N-ethyl adjacent to an activating group) is 1. The van der Waals surface area contributed by atoms with Crippen LogP contribution in [0.25, 0.3) is 0 Å². The predicted octanol–water partition coefficient (Wildman–Crippen LogP) is 0.571. The third kappa shape index (κ3) is 3.32. The summed E-state index contributed by atoms with van der Waals surface area (Å²) < 4.78 is 0. The lowest BCUT2D eigenvalue weighted by molar-refractivity contribution is -0.119. The molecule has 0 unspecified atom stereocenters. The molecule has 0 saturated carbocycles. The molecule has 0 fully saturated rings. The molecule has 1 aromatic rings. The van der Waals surface area contributed by atoms with Crippen LogP contribution in [0.2, 0.25) is 5.15 Å². The van der Waals surface area contributed by atoms with Crippen LogP contribution in [0.4, 0.5) is 0 Å². The van der Waals surface area contributed by atoms with E-state index in [1.165, 1.54) is 0 Å². The first-order chi connectivity index (χ1) is 6.74. The summed E-state index contributed by atoms with van der Waals surface area (Å²) in [6.07, 6.45) is 1.63. The number of amides is 1. The van der Waals surface area contributed by atoms with Gasteiger partial charge in [0.05, 0.1) is 6.54 Å². The van der Waals surface area contributed by atoms with Crippen molar-refractivity contribution < 1.29 is 4.79 Å². The van der Waals surface area contributed by atoms with Gasteiger partial charge in [0.15, 0.2) is 0 Å². The van der Waals surface area contributed by atoms with Gasteiger partial charge >= 0.3 is 0 Å². The van der Waals surface area contributed by atoms with Crippen molar-refractivity contribution in [1.82, 2.24) is 15.6 Å². The van der Waals surface area contributed by atoms with Crippen molar-refractivity contribution in [1.29, 1.82) is 0 Å². The number of nitrogens with one attached hydrogen (secondary N) is 2. The second kappa shape index (κ2) is 5.57. The molecule has 0 atom stereocenters. The van der Waals surface area contributed by atoms with E-state index in [1.54, 1.807) is 13.2 Å². The van der Waals surface area contributed by atoms with Gasteiger partial charge in [0.2, 0.25) is 5.91 Å². The van der Waals surface area contributed by atoms with Gasteiger partial charge in [-0.05, 0) is 6.07 Å². The minimum Gasteiger partial charge on any atom is -0.358 e. The number of pyridine rings is 1. The number of carbonyl (C=O) groups excluding carboxylic acids is 1. The second-order valence-corrected chi connectivity index (χ2v) is 3.09. The summed E-state index contributed by atoms with van der Waals surface area (Å²) in [5.74, 6) is -0.0509. The highest BCUT2D eigenvalue weighted by Gasteiger charge is 2.00. The molecular weight excluding hydrogens is 202 g/mol. The first-order valence-corrected chi connectivity index (χ1v) is 4.62. The number of aromatic nitrogens is 1. The highest BCUT2D eigenvalue weighted by molar-refractivity contribution is 6.30. The molecule has 1 amide bonds. The number of hydrogen-bond acceptors (Lipinski definition) is 3. The van der Waals surface area contributed by atoms with Crippen molar-refractivity contribution >= 4 is 17.5 Å². The molecule has 0 aliphatic heterocycles. The topological polar surface area (TPSA) is 54.0 Å². The third-order valence-corrected chi connectivity index (χ3v) is 2.06. The molecule has 0 radical (unpaired) electrons. The Morgan fingerprint density at radius 2 is 2.43 bits per heavy atom. The molecule has 1 heterocycles. The van der Waals surface area contributed by atoms with E-state index in [0.29, 0.717) is 11.7 Å². The first kappa shape index (κ1) is 10.9. The first-order valence-electron chi connectivity index (χ1n) is 4.24. The Balaban J connectivity index is 2.39. The maximum absolute atomic E-state index is 10.9. The normalized spacial score (nSPS) is 9.86. The Morgan fingerprint density at radius 3 is 3.07 bits per heavy atom. The molecule has 0 aliphatic carbocycles. The van der Waals surface area contributed by atoms with Crippen LogP contribution in [0.15, 0.2) is 18.3 Å². The van der Waals surface area contributed by atoms with Gasteiger partial charge in [-0.25, -0.2) is 4.98 Å². The molecule has 2 N–H and O–H groups in total. The minimum absolute atomic E-state index is 0.0509. The Kier molecular flexibility index (Phi) is 4.35. The van der Waals surface area contributed by atoms with Gasteiger partial charge in [-0.3, -0.25) is 4.79 Å². The van der Waals surface area contributed by atoms with E-state index >= 15 is 0 Å². The Bertz CT molecular complexity index is 317. The predicted molar refractivity (Wildman–Crippen MR) is 55.0 cm³/mol. The highest BCUT2D eigenvalue weighted by Crippen LogP contribution is 2.10. The van der Waals surface area contributed by atoms with Crippen LogP contribution in [0.3, 0.4) is 0 Å². The lowest BCUT2D eigenvalue weighted by Crippen LogP contribution is -2.31. The zero-order chi connectivity index (χ0) is 10.4. The summed E-state index contributed by atoms with van der Waals surface area (Å²) in [5, 5.41) is 5.94. The van der Waals surface area contributed by atoms with Gasteiger partial charge in [-0.15, -0.1) is 0 Å². The smallest absolute Gasteiger partial charge is 0.233 e. The van der Waals surface area contributed by atoms with Gasteiger partial charge in [0.1, 0.15) is 5.15 Å². The quantitative estimate of drug-likeness (QED) is 0.720. The monoisotopic (exact) mass is 213 g/mol. The van der Waals surface area contributed by atoms with Crippen molar-refractivity contribution in [2.75, 3.05) is 13.6 Å². The molecule has 4 nitrogen and oxygen atoms in total. The average Bonchev–Trinajstić information content (AvgIpc) is 2.20. The van der Waals surface area contributed by atoms with Crippen molar-refractivity contribution in [3.63, 3.8) is 0 Å². The van der Waals surface area contributed by atoms with E-state index in [1.807, 2.05) is 12.1 Å². The molecule has 0 saturated heterocycles. The number of carbonyl (C=O) groups is 1. The molecule has 0 aliphatic rings. The van der Waals surface area contributed by atoms with E-state index < -0.39 is 0 Å². The lowest BCUT2D eigenvalue weighted by atomic mass is 10.3. The molecule has 14 heavy (non-hydrogen) atoms. The van der Waals surface area contributed by atoms with E-state index in [0.717, 1.165) is 5.56 Å². The molecule has 5 heteroatoms. The van der Waals surface area contributed by atoms with Crippen molar-refractivity contribution in [3.8, 4) is 0 Å². The number of halogens is 1. The molecular formula is C9H12ClN3O. The molecule has 1 rings (SSSR count). The Morgan fingerprint density at radius 1 is 1.64 bits per heavy atom. The number of nitrogens with zero attached hydrogens (tertiary/aromatic N) is 1. The van der Waals surface area contributed by atoms with Crippen LogP contribution in [0, 0.1) is 0 Å². The summed E-state index contributed by atoms with van der Waals surface area (Å²) in [6, 6.07) is 3.68. The van der Waals surface area contributed by atoms with E-state index in [9.17, 15) is 4.79 Å².